The summed E-state index contributed by atoms with van der Waals surface area (Å²) in [4.78, 5) is 14.6. The predicted octanol–water partition coefficient (Wildman–Crippen LogP) is 1.93. The average molecular weight is 328 g/mol. The summed E-state index contributed by atoms with van der Waals surface area (Å²) < 4.78 is 4.90. The Morgan fingerprint density at radius 3 is 2.79 bits per heavy atom. The highest BCUT2D eigenvalue weighted by molar-refractivity contribution is 6.04. The van der Waals surface area contributed by atoms with E-state index in [1.54, 1.807) is 6.07 Å². The minimum Gasteiger partial charge on any atom is -0.465 e. The first-order valence-electron chi connectivity index (χ1n) is 8.68. The Hall–Kier alpha value is -1.92. The summed E-state index contributed by atoms with van der Waals surface area (Å²) in [6.45, 7) is 5.40. The molecule has 1 aromatic heterocycles. The van der Waals surface area contributed by atoms with Crippen molar-refractivity contribution in [3.8, 4) is 0 Å². The van der Waals surface area contributed by atoms with E-state index in [-0.39, 0.29) is 5.97 Å². The van der Waals surface area contributed by atoms with Gasteiger partial charge in [-0.1, -0.05) is 6.07 Å². The number of methoxy groups -OCH3 is 1. The van der Waals surface area contributed by atoms with E-state index in [0.717, 1.165) is 23.1 Å². The van der Waals surface area contributed by atoms with E-state index < -0.39 is 0 Å². The summed E-state index contributed by atoms with van der Waals surface area (Å²) in [5.74, 6) is -0.318. The number of aromatic amines is 1. The number of ether oxygens (including phenoxy) is 1. The van der Waals surface area contributed by atoms with Crippen molar-refractivity contribution < 1.29 is 9.53 Å². The molecule has 2 bridgehead atoms. The summed E-state index contributed by atoms with van der Waals surface area (Å²) in [7, 11) is 1.41. The van der Waals surface area contributed by atoms with Gasteiger partial charge in [-0.25, -0.2) is 4.79 Å². The molecule has 0 unspecified atom stereocenters. The summed E-state index contributed by atoms with van der Waals surface area (Å²) in [6, 6.07) is 5.58. The number of carbonyl (C=O) groups excluding carboxylic acids is 1. The van der Waals surface area contributed by atoms with Gasteiger partial charge in [0, 0.05) is 18.5 Å². The lowest BCUT2D eigenvalue weighted by molar-refractivity contribution is 0.0264. The number of nitrogens with zero attached hydrogens (tertiary/aromatic N) is 2. The van der Waals surface area contributed by atoms with Crippen molar-refractivity contribution in [1.29, 1.82) is 0 Å². The van der Waals surface area contributed by atoms with Gasteiger partial charge in [-0.15, -0.1) is 0 Å². The molecule has 2 N–H and O–H groups in total. The number of carbonyl (C=O) groups is 1. The minimum absolute atomic E-state index is 0.318. The Morgan fingerprint density at radius 1 is 1.33 bits per heavy atom. The second-order valence-corrected chi connectivity index (χ2v) is 7.09. The number of rotatable bonds is 5. The van der Waals surface area contributed by atoms with Gasteiger partial charge in [0.15, 0.2) is 0 Å². The van der Waals surface area contributed by atoms with Crippen LogP contribution in [-0.4, -0.2) is 54.4 Å². The molecule has 128 valence electrons. The van der Waals surface area contributed by atoms with Crippen LogP contribution in [0.1, 0.15) is 35.3 Å². The summed E-state index contributed by atoms with van der Waals surface area (Å²) in [5.41, 5.74) is 2.78. The molecule has 0 radical (unpaired) electrons. The Morgan fingerprint density at radius 2 is 2.08 bits per heavy atom. The normalized spacial score (nSPS) is 26.0. The van der Waals surface area contributed by atoms with Gasteiger partial charge in [0.1, 0.15) is 0 Å². The number of esters is 1. The molecule has 3 saturated heterocycles. The van der Waals surface area contributed by atoms with Gasteiger partial charge in [-0.2, -0.15) is 5.10 Å². The number of H-pyrrole nitrogens is 1. The van der Waals surface area contributed by atoms with E-state index in [0.29, 0.717) is 17.5 Å². The summed E-state index contributed by atoms with van der Waals surface area (Å²) in [5, 5.41) is 11.9. The van der Waals surface area contributed by atoms with Gasteiger partial charge in [-0.05, 0) is 56.4 Å². The first kappa shape index (κ1) is 15.6. The monoisotopic (exact) mass is 328 g/mol. The highest BCUT2D eigenvalue weighted by atomic mass is 16.5. The van der Waals surface area contributed by atoms with E-state index in [1.807, 2.05) is 12.1 Å². The van der Waals surface area contributed by atoms with Crippen LogP contribution < -0.4 is 5.32 Å². The molecule has 0 aliphatic carbocycles. The van der Waals surface area contributed by atoms with Crippen molar-refractivity contribution in [2.45, 2.75) is 25.8 Å². The number of hydrogen-bond donors (Lipinski definition) is 2. The number of benzene rings is 1. The molecule has 3 aliphatic rings. The van der Waals surface area contributed by atoms with E-state index in [9.17, 15) is 4.79 Å². The van der Waals surface area contributed by atoms with Gasteiger partial charge >= 0.3 is 5.97 Å². The fourth-order valence-electron chi connectivity index (χ4n) is 4.16. The molecule has 6 nitrogen and oxygen atoms in total. The third-order valence-corrected chi connectivity index (χ3v) is 5.74. The van der Waals surface area contributed by atoms with Crippen LogP contribution in [0, 0.1) is 5.41 Å². The smallest absolute Gasteiger partial charge is 0.338 e. The Labute approximate surface area is 141 Å². The lowest BCUT2D eigenvalue weighted by Gasteiger charge is -2.48. The zero-order chi connectivity index (χ0) is 16.6. The number of aromatic nitrogens is 2. The van der Waals surface area contributed by atoms with Crippen molar-refractivity contribution in [2.75, 3.05) is 33.3 Å². The van der Waals surface area contributed by atoms with Crippen molar-refractivity contribution in [3.63, 3.8) is 0 Å². The zero-order valence-corrected chi connectivity index (χ0v) is 14.1. The molecular weight excluding hydrogens is 304 g/mol. The van der Waals surface area contributed by atoms with E-state index in [2.05, 4.69) is 20.4 Å². The quantitative estimate of drug-likeness (QED) is 0.821. The fraction of sp³-hybridized carbons (Fsp3) is 0.556. The Bertz CT molecular complexity index is 733. The molecular formula is C18H24N4O2. The first-order chi connectivity index (χ1) is 11.7. The van der Waals surface area contributed by atoms with Gasteiger partial charge < -0.3 is 15.0 Å². The van der Waals surface area contributed by atoms with Crippen LogP contribution in [0.5, 0.6) is 0 Å². The van der Waals surface area contributed by atoms with Gasteiger partial charge in [-0.3, -0.25) is 5.10 Å². The molecule has 0 amide bonds. The third-order valence-electron chi connectivity index (χ3n) is 5.74. The second-order valence-electron chi connectivity index (χ2n) is 7.09. The third kappa shape index (κ3) is 2.70. The van der Waals surface area contributed by atoms with Crippen molar-refractivity contribution in [2.24, 2.45) is 5.41 Å². The highest BCUT2D eigenvalue weighted by Gasteiger charge is 2.38. The number of hydrogen-bond acceptors (Lipinski definition) is 5. The van der Waals surface area contributed by atoms with Crippen LogP contribution in [0.3, 0.4) is 0 Å². The maximum atomic E-state index is 12.0. The minimum atomic E-state index is -0.318. The fourth-order valence-corrected chi connectivity index (χ4v) is 4.16. The van der Waals surface area contributed by atoms with Gasteiger partial charge in [0.2, 0.25) is 0 Å². The molecule has 1 aromatic carbocycles. The highest BCUT2D eigenvalue weighted by Crippen LogP contribution is 2.39. The Balaban J connectivity index is 1.49. The van der Waals surface area contributed by atoms with E-state index in [4.69, 9.17) is 4.74 Å². The summed E-state index contributed by atoms with van der Waals surface area (Å²) in [6.07, 6.45) is 3.86. The molecule has 4 heterocycles. The van der Waals surface area contributed by atoms with Crippen molar-refractivity contribution in [1.82, 2.24) is 20.4 Å². The number of fused-ring (bicyclic) bond motifs is 4. The standard InChI is InChI=1S/C18H24N4O2/c1-24-17(23)13-3-2-4-14-16(13)15(21-20-14)11-19-12-18-5-8-22(9-6-18)10-7-18/h2-4,19H,5-12H2,1H3,(H,20,21). The van der Waals surface area contributed by atoms with Crippen molar-refractivity contribution in [3.05, 3.63) is 29.5 Å². The van der Waals surface area contributed by atoms with E-state index >= 15 is 0 Å². The lowest BCUT2D eigenvalue weighted by Crippen LogP contribution is -2.52. The maximum absolute atomic E-state index is 12.0. The molecule has 3 aliphatic heterocycles. The van der Waals surface area contributed by atoms with Crippen LogP contribution in [0.25, 0.3) is 10.9 Å². The molecule has 3 fully saturated rings. The first-order valence-corrected chi connectivity index (χ1v) is 8.68. The predicted molar refractivity (Wildman–Crippen MR) is 91.9 cm³/mol. The topological polar surface area (TPSA) is 70.2 Å². The lowest BCUT2D eigenvalue weighted by atomic mass is 9.72. The molecule has 0 atom stereocenters. The van der Waals surface area contributed by atoms with Crippen LogP contribution in [0.15, 0.2) is 18.2 Å². The van der Waals surface area contributed by atoms with Crippen LogP contribution in [0.2, 0.25) is 0 Å². The molecule has 24 heavy (non-hydrogen) atoms. The summed E-state index contributed by atoms with van der Waals surface area (Å²) >= 11 is 0. The van der Waals surface area contributed by atoms with E-state index in [1.165, 1.54) is 46.0 Å². The number of piperidine rings is 3. The number of nitrogens with one attached hydrogen (secondary N) is 2. The zero-order valence-electron chi connectivity index (χ0n) is 14.1. The Kier molecular flexibility index (Phi) is 4.02. The van der Waals surface area contributed by atoms with Crippen LogP contribution in [-0.2, 0) is 11.3 Å². The van der Waals surface area contributed by atoms with Crippen LogP contribution >= 0.6 is 0 Å². The van der Waals surface area contributed by atoms with Gasteiger partial charge in [0.05, 0.1) is 23.9 Å². The van der Waals surface area contributed by atoms with Crippen LogP contribution in [0.4, 0.5) is 0 Å². The maximum Gasteiger partial charge on any atom is 0.338 e. The molecule has 6 heteroatoms. The average Bonchev–Trinajstić information content (AvgIpc) is 3.06. The molecule has 0 spiro atoms. The SMILES string of the molecule is COC(=O)c1cccc2[nH]nc(CNCC34CCN(CC3)CC4)c12. The van der Waals surface area contributed by atoms with Crippen molar-refractivity contribution >= 4 is 16.9 Å². The largest absolute Gasteiger partial charge is 0.465 e. The second kappa shape index (κ2) is 6.18. The van der Waals surface area contributed by atoms with Gasteiger partial charge in [0.25, 0.3) is 0 Å². The molecule has 0 saturated carbocycles. The molecule has 2 aromatic rings. The molecule has 5 rings (SSSR count).